The maximum absolute atomic E-state index is 13.6. The van der Waals surface area contributed by atoms with Gasteiger partial charge >= 0.3 is 0 Å². The van der Waals surface area contributed by atoms with Crippen molar-refractivity contribution in [2.24, 2.45) is 5.73 Å². The van der Waals surface area contributed by atoms with E-state index in [4.69, 9.17) is 10.5 Å². The van der Waals surface area contributed by atoms with Crippen molar-refractivity contribution in [3.8, 4) is 5.75 Å². The summed E-state index contributed by atoms with van der Waals surface area (Å²) < 4.78 is 32.2. The van der Waals surface area contributed by atoms with E-state index in [-0.39, 0.29) is 11.3 Å². The smallest absolute Gasteiger partial charge is 0.274 e. The topological polar surface area (TPSA) is 35.2 Å². The van der Waals surface area contributed by atoms with Gasteiger partial charge in [0.05, 0.1) is 12.7 Å². The molecular formula is C12H15F2NO. The molecule has 1 aromatic carbocycles. The van der Waals surface area contributed by atoms with Gasteiger partial charge in [0.25, 0.3) is 5.92 Å². The maximum Gasteiger partial charge on any atom is 0.274 e. The second-order valence-corrected chi connectivity index (χ2v) is 4.43. The Labute approximate surface area is 93.4 Å². The van der Waals surface area contributed by atoms with E-state index in [1.807, 2.05) is 0 Å². The van der Waals surface area contributed by atoms with Crippen LogP contribution < -0.4 is 10.5 Å². The molecule has 1 aliphatic carbocycles. The first-order chi connectivity index (χ1) is 7.38. The molecule has 2 rings (SSSR count). The highest BCUT2D eigenvalue weighted by Crippen LogP contribution is 2.49. The first-order valence-electron chi connectivity index (χ1n) is 5.23. The number of rotatable bonds is 3. The Balaban J connectivity index is 2.60. The van der Waals surface area contributed by atoms with E-state index in [9.17, 15) is 8.78 Å². The third-order valence-electron chi connectivity index (χ3n) is 3.01. The Morgan fingerprint density at radius 1 is 1.38 bits per heavy atom. The fourth-order valence-corrected chi connectivity index (χ4v) is 1.97. The van der Waals surface area contributed by atoms with Crippen LogP contribution in [-0.2, 0) is 11.5 Å². The fraction of sp³-hybridized carbons (Fsp3) is 0.500. The molecule has 4 heteroatoms. The SMILES string of the molecule is COc1cccc(C2(N)CC2)c1C(C)(F)F. The molecule has 0 bridgehead atoms. The number of methoxy groups -OCH3 is 1. The van der Waals surface area contributed by atoms with E-state index in [1.54, 1.807) is 18.2 Å². The molecule has 1 aromatic rings. The molecule has 0 aliphatic heterocycles. The van der Waals surface area contributed by atoms with Gasteiger partial charge in [-0.2, -0.15) is 0 Å². The summed E-state index contributed by atoms with van der Waals surface area (Å²) >= 11 is 0. The van der Waals surface area contributed by atoms with E-state index in [0.717, 1.165) is 19.8 Å². The molecule has 0 saturated heterocycles. The van der Waals surface area contributed by atoms with Crippen LogP contribution in [-0.4, -0.2) is 7.11 Å². The Morgan fingerprint density at radius 2 is 2.00 bits per heavy atom. The lowest BCUT2D eigenvalue weighted by molar-refractivity contribution is 0.0136. The molecule has 88 valence electrons. The second-order valence-electron chi connectivity index (χ2n) is 4.43. The Hall–Kier alpha value is -1.16. The zero-order chi connectivity index (χ0) is 12.0. The molecule has 0 heterocycles. The Morgan fingerprint density at radius 3 is 2.44 bits per heavy atom. The van der Waals surface area contributed by atoms with Gasteiger partial charge in [-0.1, -0.05) is 12.1 Å². The van der Waals surface area contributed by atoms with Gasteiger partial charge in [-0.3, -0.25) is 0 Å². The molecule has 16 heavy (non-hydrogen) atoms. The van der Waals surface area contributed by atoms with Crippen molar-refractivity contribution < 1.29 is 13.5 Å². The van der Waals surface area contributed by atoms with Gasteiger partial charge in [-0.15, -0.1) is 0 Å². The first kappa shape index (κ1) is 11.3. The number of hydrogen-bond acceptors (Lipinski definition) is 2. The summed E-state index contributed by atoms with van der Waals surface area (Å²) in [4.78, 5) is 0. The number of hydrogen-bond donors (Lipinski definition) is 1. The summed E-state index contributed by atoms with van der Waals surface area (Å²) in [5.41, 5.74) is 5.86. The Kier molecular flexibility index (Phi) is 2.42. The minimum absolute atomic E-state index is 0.0718. The normalized spacial score (nSPS) is 18.3. The van der Waals surface area contributed by atoms with Gasteiger partial charge in [0, 0.05) is 12.5 Å². The number of halogens is 2. The molecule has 0 aromatic heterocycles. The molecule has 2 nitrogen and oxygen atoms in total. The van der Waals surface area contributed by atoms with Crippen LogP contribution in [0.25, 0.3) is 0 Å². The van der Waals surface area contributed by atoms with Crippen molar-refractivity contribution in [1.82, 2.24) is 0 Å². The van der Waals surface area contributed by atoms with E-state index in [2.05, 4.69) is 0 Å². The molecule has 0 radical (unpaired) electrons. The fourth-order valence-electron chi connectivity index (χ4n) is 1.97. The minimum atomic E-state index is -2.93. The largest absolute Gasteiger partial charge is 0.496 e. The van der Waals surface area contributed by atoms with E-state index in [1.165, 1.54) is 7.11 Å². The molecule has 0 unspecified atom stereocenters. The standard InChI is InChI=1S/C12H15F2NO/c1-11(13,14)10-8(12(15)6-7-12)4-3-5-9(10)16-2/h3-5H,6-7,15H2,1-2H3. The van der Waals surface area contributed by atoms with Crippen LogP contribution in [0.4, 0.5) is 8.78 Å². The number of benzene rings is 1. The lowest BCUT2D eigenvalue weighted by Gasteiger charge is -2.22. The van der Waals surface area contributed by atoms with Crippen LogP contribution in [0, 0.1) is 0 Å². The molecule has 1 fully saturated rings. The predicted octanol–water partition coefficient (Wildman–Crippen LogP) is 2.75. The summed E-state index contributed by atoms with van der Waals surface area (Å²) in [6, 6.07) is 4.92. The van der Waals surface area contributed by atoms with Crippen LogP contribution in [0.5, 0.6) is 5.75 Å². The van der Waals surface area contributed by atoms with Gasteiger partial charge < -0.3 is 10.5 Å². The minimum Gasteiger partial charge on any atom is -0.496 e. The van der Waals surface area contributed by atoms with E-state index in [0.29, 0.717) is 5.56 Å². The molecular weight excluding hydrogens is 212 g/mol. The lowest BCUT2D eigenvalue weighted by Crippen LogP contribution is -2.24. The van der Waals surface area contributed by atoms with Gasteiger partial charge in [-0.05, 0) is 24.5 Å². The highest BCUT2D eigenvalue weighted by molar-refractivity contribution is 5.48. The highest BCUT2D eigenvalue weighted by Gasteiger charge is 2.46. The van der Waals surface area contributed by atoms with Gasteiger partial charge in [0.15, 0.2) is 0 Å². The van der Waals surface area contributed by atoms with Gasteiger partial charge in [-0.25, -0.2) is 8.78 Å². The molecule has 1 aliphatic rings. The summed E-state index contributed by atoms with van der Waals surface area (Å²) in [5, 5.41) is 0. The summed E-state index contributed by atoms with van der Waals surface area (Å²) in [6.07, 6.45) is 1.51. The van der Waals surface area contributed by atoms with Crippen LogP contribution in [0.2, 0.25) is 0 Å². The first-order valence-corrected chi connectivity index (χ1v) is 5.23. The summed E-state index contributed by atoms with van der Waals surface area (Å²) in [7, 11) is 1.39. The second kappa shape index (κ2) is 3.42. The maximum atomic E-state index is 13.6. The number of nitrogens with two attached hydrogens (primary N) is 1. The average Bonchev–Trinajstić information content (AvgIpc) is 2.95. The molecule has 1 saturated carbocycles. The zero-order valence-electron chi connectivity index (χ0n) is 9.39. The molecule has 0 spiro atoms. The third kappa shape index (κ3) is 1.78. The quantitative estimate of drug-likeness (QED) is 0.861. The van der Waals surface area contributed by atoms with Crippen molar-refractivity contribution in [2.45, 2.75) is 31.2 Å². The van der Waals surface area contributed by atoms with Gasteiger partial charge in [0.1, 0.15) is 5.75 Å². The zero-order valence-corrected chi connectivity index (χ0v) is 9.39. The van der Waals surface area contributed by atoms with Crippen LogP contribution in [0.15, 0.2) is 18.2 Å². The summed E-state index contributed by atoms with van der Waals surface area (Å²) in [5.74, 6) is -2.72. The van der Waals surface area contributed by atoms with Crippen LogP contribution >= 0.6 is 0 Å². The Bertz CT molecular complexity index is 408. The van der Waals surface area contributed by atoms with Crippen molar-refractivity contribution in [2.75, 3.05) is 7.11 Å². The molecule has 2 N–H and O–H groups in total. The number of ether oxygens (including phenoxy) is 1. The van der Waals surface area contributed by atoms with Gasteiger partial charge in [0.2, 0.25) is 0 Å². The van der Waals surface area contributed by atoms with Crippen molar-refractivity contribution >= 4 is 0 Å². The molecule has 0 atom stereocenters. The van der Waals surface area contributed by atoms with E-state index >= 15 is 0 Å². The van der Waals surface area contributed by atoms with Crippen LogP contribution in [0.1, 0.15) is 30.9 Å². The highest BCUT2D eigenvalue weighted by atomic mass is 19.3. The summed E-state index contributed by atoms with van der Waals surface area (Å²) in [6.45, 7) is 0.875. The molecule has 0 amide bonds. The monoisotopic (exact) mass is 227 g/mol. The predicted molar refractivity (Wildman–Crippen MR) is 57.7 cm³/mol. The number of alkyl halides is 2. The van der Waals surface area contributed by atoms with E-state index < -0.39 is 11.5 Å². The van der Waals surface area contributed by atoms with Crippen LogP contribution in [0.3, 0.4) is 0 Å². The third-order valence-corrected chi connectivity index (χ3v) is 3.01. The van der Waals surface area contributed by atoms with Crippen molar-refractivity contribution in [1.29, 1.82) is 0 Å². The lowest BCUT2D eigenvalue weighted by atomic mass is 9.94. The average molecular weight is 227 g/mol. The van der Waals surface area contributed by atoms with Crippen molar-refractivity contribution in [3.05, 3.63) is 29.3 Å². The van der Waals surface area contributed by atoms with Crippen molar-refractivity contribution in [3.63, 3.8) is 0 Å².